The van der Waals surface area contributed by atoms with Gasteiger partial charge in [-0.2, -0.15) is 5.26 Å². The van der Waals surface area contributed by atoms with Crippen LogP contribution < -0.4 is 14.8 Å². The Bertz CT molecular complexity index is 1570. The Balaban J connectivity index is 1.60. The van der Waals surface area contributed by atoms with Gasteiger partial charge in [0, 0.05) is 11.3 Å². The maximum absolute atomic E-state index is 12.9. The molecule has 0 spiro atoms. The summed E-state index contributed by atoms with van der Waals surface area (Å²) in [5, 5.41) is 14.9. The molecule has 0 atom stereocenters. The predicted molar refractivity (Wildman–Crippen MR) is 157 cm³/mol. The van der Waals surface area contributed by atoms with E-state index in [4.69, 9.17) is 9.47 Å². The monoisotopic (exact) mass is 602 g/mol. The van der Waals surface area contributed by atoms with E-state index in [1.54, 1.807) is 19.3 Å². The van der Waals surface area contributed by atoms with E-state index in [1.807, 2.05) is 56.3 Å². The molecule has 4 aromatic rings. The van der Waals surface area contributed by atoms with Gasteiger partial charge in [0.25, 0.3) is 5.91 Å². The lowest BCUT2D eigenvalue weighted by Crippen LogP contribution is -2.14. The highest BCUT2D eigenvalue weighted by molar-refractivity contribution is 14.1. The van der Waals surface area contributed by atoms with Gasteiger partial charge >= 0.3 is 0 Å². The molecule has 0 unspecified atom stereocenters. The second kappa shape index (κ2) is 11.5. The summed E-state index contributed by atoms with van der Waals surface area (Å²) in [6, 6.07) is 23.9. The molecule has 4 aromatic carbocycles. The molecule has 186 valence electrons. The van der Waals surface area contributed by atoms with E-state index in [9.17, 15) is 10.1 Å². The number of nitrogens with zero attached hydrogens (tertiary/aromatic N) is 1. The Morgan fingerprint density at radius 2 is 1.78 bits per heavy atom. The molecule has 0 heterocycles. The number of hydrogen-bond donors (Lipinski definition) is 1. The molecule has 1 N–H and O–H groups in total. The Kier molecular flexibility index (Phi) is 8.14. The first kappa shape index (κ1) is 26.2. The fraction of sp³-hybridized carbons (Fsp3) is 0.161. The second-order valence-electron chi connectivity index (χ2n) is 8.85. The quantitative estimate of drug-likeness (QED) is 0.135. The van der Waals surface area contributed by atoms with Crippen LogP contribution in [0.5, 0.6) is 11.5 Å². The van der Waals surface area contributed by atoms with Crippen LogP contribution in [0.25, 0.3) is 16.8 Å². The van der Waals surface area contributed by atoms with Gasteiger partial charge in [-0.25, -0.2) is 0 Å². The average molecular weight is 602 g/mol. The lowest BCUT2D eigenvalue weighted by molar-refractivity contribution is -0.112. The van der Waals surface area contributed by atoms with Gasteiger partial charge in [-0.15, -0.1) is 0 Å². The number of rotatable bonds is 7. The van der Waals surface area contributed by atoms with Crippen LogP contribution in [0.1, 0.15) is 27.8 Å². The third-order valence-corrected chi connectivity index (χ3v) is 7.01. The SMILES string of the molecule is COc1cc(/C=C(\C#N)C(=O)Nc2cc(C)ccc2C)cc(I)c1OCc1c(C)ccc2ccccc12. The van der Waals surface area contributed by atoms with Crippen LogP contribution in [-0.2, 0) is 11.4 Å². The Labute approximate surface area is 230 Å². The zero-order chi connectivity index (χ0) is 26.5. The summed E-state index contributed by atoms with van der Waals surface area (Å²) >= 11 is 2.19. The number of amides is 1. The fourth-order valence-corrected chi connectivity index (χ4v) is 4.90. The van der Waals surface area contributed by atoms with E-state index in [0.717, 1.165) is 36.6 Å². The Morgan fingerprint density at radius 1 is 1.03 bits per heavy atom. The van der Waals surface area contributed by atoms with E-state index >= 15 is 0 Å². The minimum absolute atomic E-state index is 0.00110. The lowest BCUT2D eigenvalue weighted by Gasteiger charge is -2.16. The molecule has 5 nitrogen and oxygen atoms in total. The number of ether oxygens (including phenoxy) is 2. The van der Waals surface area contributed by atoms with Crippen molar-refractivity contribution in [3.05, 3.63) is 104 Å². The normalized spacial score (nSPS) is 11.2. The molecule has 0 aromatic heterocycles. The van der Waals surface area contributed by atoms with Gasteiger partial charge in [0.1, 0.15) is 18.2 Å². The van der Waals surface area contributed by atoms with Crippen molar-refractivity contribution in [2.75, 3.05) is 12.4 Å². The summed E-state index contributed by atoms with van der Waals surface area (Å²) in [7, 11) is 1.58. The zero-order valence-electron chi connectivity index (χ0n) is 21.2. The number of fused-ring (bicyclic) bond motifs is 1. The van der Waals surface area contributed by atoms with Crippen LogP contribution in [0.2, 0.25) is 0 Å². The molecular weight excluding hydrogens is 575 g/mol. The van der Waals surface area contributed by atoms with Crippen molar-refractivity contribution in [2.45, 2.75) is 27.4 Å². The zero-order valence-corrected chi connectivity index (χ0v) is 23.3. The molecule has 0 aliphatic carbocycles. The molecular formula is C31H27IN2O3. The van der Waals surface area contributed by atoms with E-state index in [0.29, 0.717) is 29.4 Å². The number of carbonyl (C=O) groups excluding carboxylic acids is 1. The fourth-order valence-electron chi connectivity index (χ4n) is 4.12. The van der Waals surface area contributed by atoms with Crippen molar-refractivity contribution >= 4 is 51.0 Å². The van der Waals surface area contributed by atoms with Crippen LogP contribution in [-0.4, -0.2) is 13.0 Å². The van der Waals surface area contributed by atoms with Crippen molar-refractivity contribution in [3.63, 3.8) is 0 Å². The topological polar surface area (TPSA) is 71.3 Å². The average Bonchev–Trinajstić information content (AvgIpc) is 2.89. The van der Waals surface area contributed by atoms with Gasteiger partial charge in [-0.05, 0) is 101 Å². The summed E-state index contributed by atoms with van der Waals surface area (Å²) in [5.41, 5.74) is 5.58. The van der Waals surface area contributed by atoms with E-state index < -0.39 is 5.91 Å². The number of methoxy groups -OCH3 is 1. The standard InChI is InChI=1S/C31H27IN2O3/c1-19-9-10-21(3)28(13-19)34-31(35)24(17-33)14-22-15-27(32)30(29(16-22)36-4)37-18-26-20(2)11-12-23-7-5-6-8-25(23)26/h5-16H,18H2,1-4H3,(H,34,35)/b24-14+. The molecule has 37 heavy (non-hydrogen) atoms. The van der Waals surface area contributed by atoms with E-state index in [2.05, 4.69) is 59.1 Å². The van der Waals surface area contributed by atoms with Gasteiger partial charge < -0.3 is 14.8 Å². The molecule has 6 heteroatoms. The van der Waals surface area contributed by atoms with Crippen LogP contribution in [0.4, 0.5) is 5.69 Å². The number of aryl methyl sites for hydroxylation is 3. The Morgan fingerprint density at radius 3 is 2.54 bits per heavy atom. The number of benzene rings is 4. The van der Waals surface area contributed by atoms with Crippen LogP contribution in [0, 0.1) is 35.7 Å². The molecule has 0 aliphatic heterocycles. The van der Waals surface area contributed by atoms with Gasteiger partial charge in [-0.3, -0.25) is 4.79 Å². The van der Waals surface area contributed by atoms with Gasteiger partial charge in [0.15, 0.2) is 11.5 Å². The molecule has 0 saturated heterocycles. The maximum Gasteiger partial charge on any atom is 0.266 e. The van der Waals surface area contributed by atoms with Crippen LogP contribution in [0.15, 0.2) is 72.3 Å². The summed E-state index contributed by atoms with van der Waals surface area (Å²) in [4.78, 5) is 12.9. The first-order valence-electron chi connectivity index (χ1n) is 11.8. The first-order valence-corrected chi connectivity index (χ1v) is 12.9. The van der Waals surface area contributed by atoms with Gasteiger partial charge in [0.2, 0.25) is 0 Å². The number of nitriles is 1. The predicted octanol–water partition coefficient (Wildman–Crippen LogP) is 7.50. The molecule has 1 amide bonds. The van der Waals surface area contributed by atoms with Gasteiger partial charge in [-0.1, -0.05) is 48.5 Å². The highest BCUT2D eigenvalue weighted by Crippen LogP contribution is 2.36. The van der Waals surface area contributed by atoms with Gasteiger partial charge in [0.05, 0.1) is 10.7 Å². The largest absolute Gasteiger partial charge is 0.493 e. The van der Waals surface area contributed by atoms with Crippen LogP contribution >= 0.6 is 22.6 Å². The number of anilines is 1. The lowest BCUT2D eigenvalue weighted by atomic mass is 10.0. The summed E-state index contributed by atoms with van der Waals surface area (Å²) in [6.07, 6.45) is 1.56. The summed E-state index contributed by atoms with van der Waals surface area (Å²) in [5.74, 6) is 0.686. The summed E-state index contributed by atoms with van der Waals surface area (Å²) < 4.78 is 12.7. The number of carbonyl (C=O) groups is 1. The van der Waals surface area contributed by atoms with Crippen molar-refractivity contribution in [3.8, 4) is 17.6 Å². The van der Waals surface area contributed by atoms with Crippen LogP contribution in [0.3, 0.4) is 0 Å². The van der Waals surface area contributed by atoms with E-state index in [1.165, 1.54) is 0 Å². The molecule has 0 aliphatic rings. The molecule has 0 saturated carbocycles. The molecule has 0 radical (unpaired) electrons. The minimum Gasteiger partial charge on any atom is -0.493 e. The minimum atomic E-state index is -0.461. The number of halogens is 1. The third kappa shape index (κ3) is 5.95. The van der Waals surface area contributed by atoms with Crippen molar-refractivity contribution < 1.29 is 14.3 Å². The first-order chi connectivity index (χ1) is 17.8. The maximum atomic E-state index is 12.9. The number of nitrogens with one attached hydrogen (secondary N) is 1. The van der Waals surface area contributed by atoms with Crippen molar-refractivity contribution in [2.24, 2.45) is 0 Å². The van der Waals surface area contributed by atoms with Crippen molar-refractivity contribution in [1.29, 1.82) is 5.26 Å². The highest BCUT2D eigenvalue weighted by atomic mass is 127. The number of hydrogen-bond acceptors (Lipinski definition) is 4. The Hall–Kier alpha value is -3.83. The third-order valence-electron chi connectivity index (χ3n) is 6.20. The molecule has 0 fully saturated rings. The summed E-state index contributed by atoms with van der Waals surface area (Å²) in [6.45, 7) is 6.33. The second-order valence-corrected chi connectivity index (χ2v) is 10.0. The highest BCUT2D eigenvalue weighted by Gasteiger charge is 2.16. The van der Waals surface area contributed by atoms with Crippen molar-refractivity contribution in [1.82, 2.24) is 0 Å². The van der Waals surface area contributed by atoms with E-state index in [-0.39, 0.29) is 5.57 Å². The smallest absolute Gasteiger partial charge is 0.266 e. The molecule has 0 bridgehead atoms. The molecule has 4 rings (SSSR count).